The molecule has 160 valence electrons. The van der Waals surface area contributed by atoms with E-state index in [1.54, 1.807) is 24.7 Å². The first-order valence-corrected chi connectivity index (χ1v) is 11.0. The fourth-order valence-electron chi connectivity index (χ4n) is 4.23. The van der Waals surface area contributed by atoms with Gasteiger partial charge in [-0.3, -0.25) is 4.79 Å². The third-order valence-corrected chi connectivity index (χ3v) is 6.11. The number of carbonyl (C=O) groups is 1. The van der Waals surface area contributed by atoms with Crippen molar-refractivity contribution in [1.29, 1.82) is 0 Å². The van der Waals surface area contributed by atoms with Gasteiger partial charge in [-0.05, 0) is 55.5 Å². The Labute approximate surface area is 187 Å². The first kappa shape index (κ1) is 21.2. The van der Waals surface area contributed by atoms with Crippen LogP contribution in [0.3, 0.4) is 0 Å². The average Bonchev–Trinajstić information content (AvgIpc) is 2.79. The van der Waals surface area contributed by atoms with Crippen molar-refractivity contribution in [3.63, 3.8) is 0 Å². The fourth-order valence-corrected chi connectivity index (χ4v) is 4.34. The monoisotopic (exact) mass is 435 g/mol. The van der Waals surface area contributed by atoms with E-state index >= 15 is 0 Å². The number of amides is 1. The molecule has 1 aliphatic heterocycles. The quantitative estimate of drug-likeness (QED) is 0.620. The minimum Gasteiger partial charge on any atom is -0.368 e. The number of aromatic nitrogens is 3. The highest BCUT2D eigenvalue weighted by atomic mass is 35.5. The van der Waals surface area contributed by atoms with Crippen LogP contribution in [0.25, 0.3) is 11.4 Å². The van der Waals surface area contributed by atoms with E-state index in [4.69, 9.17) is 11.6 Å². The molecule has 2 aromatic heterocycles. The summed E-state index contributed by atoms with van der Waals surface area (Å²) in [6, 6.07) is 11.3. The summed E-state index contributed by atoms with van der Waals surface area (Å²) in [5.41, 5.74) is 2.44. The van der Waals surface area contributed by atoms with Gasteiger partial charge in [-0.1, -0.05) is 30.7 Å². The molecule has 1 aromatic carbocycles. The standard InChI is InChI=1S/C24H26ClN5O/c1-16-7-4-13-30(20(16)15-29-21-10-9-18(25)14-28-21)24(31)19-8-3-6-17(2)22(19)23-26-11-5-12-27-23/h3,5-6,8-12,14,16,20H,4,7,13,15H2,1-2H3,(H,28,29)/t16-,20-/m1/s1. The maximum absolute atomic E-state index is 13.8. The maximum Gasteiger partial charge on any atom is 0.254 e. The summed E-state index contributed by atoms with van der Waals surface area (Å²) in [4.78, 5) is 28.9. The van der Waals surface area contributed by atoms with Crippen LogP contribution in [-0.4, -0.2) is 44.9 Å². The number of hydrogen-bond acceptors (Lipinski definition) is 5. The van der Waals surface area contributed by atoms with E-state index < -0.39 is 0 Å². The number of hydrogen-bond donors (Lipinski definition) is 1. The van der Waals surface area contributed by atoms with Gasteiger partial charge < -0.3 is 10.2 Å². The molecule has 3 aromatic rings. The third-order valence-electron chi connectivity index (χ3n) is 5.89. The molecule has 3 heterocycles. The highest BCUT2D eigenvalue weighted by molar-refractivity contribution is 6.30. The molecule has 1 saturated heterocycles. The molecule has 0 radical (unpaired) electrons. The van der Waals surface area contributed by atoms with Gasteiger partial charge in [-0.2, -0.15) is 0 Å². The van der Waals surface area contributed by atoms with Crippen molar-refractivity contribution in [2.75, 3.05) is 18.4 Å². The molecule has 2 atom stereocenters. The van der Waals surface area contributed by atoms with Crippen molar-refractivity contribution < 1.29 is 4.79 Å². The zero-order chi connectivity index (χ0) is 21.8. The van der Waals surface area contributed by atoms with Crippen molar-refractivity contribution in [2.45, 2.75) is 32.7 Å². The number of piperidine rings is 1. The van der Waals surface area contributed by atoms with Crippen molar-refractivity contribution in [3.05, 3.63) is 71.1 Å². The SMILES string of the molecule is Cc1cccc(C(=O)N2CCC[C@@H](C)[C@H]2CNc2ccc(Cl)cn2)c1-c1ncccn1. The van der Waals surface area contributed by atoms with Gasteiger partial charge in [-0.25, -0.2) is 15.0 Å². The predicted molar refractivity (Wildman–Crippen MR) is 123 cm³/mol. The number of pyridine rings is 1. The topological polar surface area (TPSA) is 71.0 Å². The molecular formula is C24H26ClN5O. The van der Waals surface area contributed by atoms with Crippen LogP contribution in [0.2, 0.25) is 5.02 Å². The average molecular weight is 436 g/mol. The molecule has 1 amide bonds. The second-order valence-corrected chi connectivity index (χ2v) is 8.43. The molecule has 0 saturated carbocycles. The second kappa shape index (κ2) is 9.43. The van der Waals surface area contributed by atoms with E-state index in [9.17, 15) is 4.79 Å². The largest absolute Gasteiger partial charge is 0.368 e. The predicted octanol–water partition coefficient (Wildman–Crippen LogP) is 4.85. The Balaban J connectivity index is 1.62. The minimum atomic E-state index is 0.0218. The van der Waals surface area contributed by atoms with Crippen molar-refractivity contribution in [3.8, 4) is 11.4 Å². The highest BCUT2D eigenvalue weighted by Gasteiger charge is 2.33. The van der Waals surface area contributed by atoms with Crippen LogP contribution in [0.5, 0.6) is 0 Å². The van der Waals surface area contributed by atoms with Gasteiger partial charge in [0.2, 0.25) is 0 Å². The maximum atomic E-state index is 13.8. The van der Waals surface area contributed by atoms with Crippen molar-refractivity contribution >= 4 is 23.3 Å². The van der Waals surface area contributed by atoms with Crippen LogP contribution in [0.4, 0.5) is 5.82 Å². The van der Waals surface area contributed by atoms with Crippen LogP contribution in [0, 0.1) is 12.8 Å². The van der Waals surface area contributed by atoms with Gasteiger partial charge in [0.25, 0.3) is 5.91 Å². The smallest absolute Gasteiger partial charge is 0.254 e. The molecule has 7 heteroatoms. The van der Waals surface area contributed by atoms with E-state index in [0.29, 0.717) is 28.9 Å². The van der Waals surface area contributed by atoms with Gasteiger partial charge in [0, 0.05) is 37.2 Å². The normalized spacial score (nSPS) is 18.6. The van der Waals surface area contributed by atoms with Crippen LogP contribution >= 0.6 is 11.6 Å². The molecule has 1 N–H and O–H groups in total. The van der Waals surface area contributed by atoms with E-state index in [1.165, 1.54) is 0 Å². The lowest BCUT2D eigenvalue weighted by Gasteiger charge is -2.40. The molecule has 1 fully saturated rings. The summed E-state index contributed by atoms with van der Waals surface area (Å²) in [6.07, 6.45) is 7.11. The Kier molecular flexibility index (Phi) is 6.47. The molecule has 4 rings (SSSR count). The van der Waals surface area contributed by atoms with Crippen LogP contribution in [0.1, 0.15) is 35.7 Å². The Hall–Kier alpha value is -2.99. The summed E-state index contributed by atoms with van der Waals surface area (Å²) >= 11 is 5.94. The minimum absolute atomic E-state index is 0.0218. The molecule has 31 heavy (non-hydrogen) atoms. The lowest BCUT2D eigenvalue weighted by atomic mass is 9.89. The summed E-state index contributed by atoms with van der Waals surface area (Å²) < 4.78 is 0. The van der Waals surface area contributed by atoms with E-state index in [1.807, 2.05) is 42.2 Å². The first-order valence-electron chi connectivity index (χ1n) is 10.6. The number of likely N-dealkylation sites (tertiary alicyclic amines) is 1. The van der Waals surface area contributed by atoms with Crippen LogP contribution in [-0.2, 0) is 0 Å². The highest BCUT2D eigenvalue weighted by Crippen LogP contribution is 2.30. The summed E-state index contributed by atoms with van der Waals surface area (Å²) in [5, 5.41) is 3.98. The number of nitrogens with one attached hydrogen (secondary N) is 1. The second-order valence-electron chi connectivity index (χ2n) is 8.00. The molecule has 0 bridgehead atoms. The lowest BCUT2D eigenvalue weighted by molar-refractivity contribution is 0.0540. The van der Waals surface area contributed by atoms with E-state index in [-0.39, 0.29) is 11.9 Å². The first-order chi connectivity index (χ1) is 15.0. The number of benzene rings is 1. The molecule has 0 unspecified atom stereocenters. The van der Waals surface area contributed by atoms with Gasteiger partial charge in [0.05, 0.1) is 16.6 Å². The molecule has 0 spiro atoms. The fraction of sp³-hybridized carbons (Fsp3) is 0.333. The van der Waals surface area contributed by atoms with E-state index in [0.717, 1.165) is 36.3 Å². The van der Waals surface area contributed by atoms with Crippen molar-refractivity contribution in [1.82, 2.24) is 19.9 Å². The van der Waals surface area contributed by atoms with E-state index in [2.05, 4.69) is 27.2 Å². The van der Waals surface area contributed by atoms with Gasteiger partial charge >= 0.3 is 0 Å². The van der Waals surface area contributed by atoms with Crippen LogP contribution < -0.4 is 5.32 Å². The Morgan fingerprint density at radius 3 is 2.71 bits per heavy atom. The van der Waals surface area contributed by atoms with Gasteiger partial charge in [0.1, 0.15) is 5.82 Å². The number of halogens is 1. The Bertz CT molecular complexity index is 1040. The molecular weight excluding hydrogens is 410 g/mol. The number of rotatable bonds is 5. The van der Waals surface area contributed by atoms with Crippen LogP contribution in [0.15, 0.2) is 55.0 Å². The zero-order valence-electron chi connectivity index (χ0n) is 17.8. The Morgan fingerprint density at radius 2 is 1.97 bits per heavy atom. The lowest BCUT2D eigenvalue weighted by Crippen LogP contribution is -2.51. The molecule has 0 aliphatic carbocycles. The number of carbonyl (C=O) groups excluding carboxylic acids is 1. The summed E-state index contributed by atoms with van der Waals surface area (Å²) in [7, 11) is 0. The number of aryl methyl sites for hydroxylation is 1. The van der Waals surface area contributed by atoms with Gasteiger partial charge in [0.15, 0.2) is 5.82 Å². The van der Waals surface area contributed by atoms with Crippen molar-refractivity contribution in [2.24, 2.45) is 5.92 Å². The number of anilines is 1. The summed E-state index contributed by atoms with van der Waals surface area (Å²) in [6.45, 7) is 5.56. The zero-order valence-corrected chi connectivity index (χ0v) is 18.5. The molecule has 1 aliphatic rings. The summed E-state index contributed by atoms with van der Waals surface area (Å²) in [5.74, 6) is 1.73. The third kappa shape index (κ3) is 4.69. The Morgan fingerprint density at radius 1 is 1.16 bits per heavy atom. The van der Waals surface area contributed by atoms with Gasteiger partial charge in [-0.15, -0.1) is 0 Å². The number of nitrogens with zero attached hydrogens (tertiary/aromatic N) is 4. The molecule has 6 nitrogen and oxygen atoms in total.